The van der Waals surface area contributed by atoms with E-state index >= 15 is 0 Å². The summed E-state index contributed by atoms with van der Waals surface area (Å²) >= 11 is 2.43. The van der Waals surface area contributed by atoms with Gasteiger partial charge in [0.25, 0.3) is 0 Å². The minimum Gasteiger partial charge on any atom is -0.443 e. The van der Waals surface area contributed by atoms with E-state index in [1.165, 1.54) is 47.5 Å². The van der Waals surface area contributed by atoms with Gasteiger partial charge in [0.1, 0.15) is 18.1 Å². The first-order chi connectivity index (χ1) is 13.6. The second-order valence-corrected chi connectivity index (χ2v) is 8.51. The van der Waals surface area contributed by atoms with Crippen molar-refractivity contribution in [1.82, 2.24) is 9.55 Å². The van der Waals surface area contributed by atoms with Crippen LogP contribution < -0.4 is 5.69 Å². The molecule has 2 aromatic rings. The summed E-state index contributed by atoms with van der Waals surface area (Å²) in [5.41, 5.74) is -0.136. The molecule has 0 bridgehead atoms. The molecule has 3 heterocycles. The standard InChI is InChI=1S/C20H29IN2O5/c21-9-7-5-3-1-2-4-6-8-15-10-14-12-23(20(26)22-19(14)27-15)18-11-16(25)17(13-24)28-18/h10,12,16-18,24-25H,1-9,11,13H2/t16-,17+,18+/m0/s1. The average molecular weight is 504 g/mol. The van der Waals surface area contributed by atoms with Crippen LogP contribution in [-0.2, 0) is 11.2 Å². The van der Waals surface area contributed by atoms with Crippen molar-refractivity contribution in [2.24, 2.45) is 0 Å². The lowest BCUT2D eigenvalue weighted by Gasteiger charge is -2.13. The molecule has 8 heteroatoms. The third-order valence-electron chi connectivity index (χ3n) is 5.24. The van der Waals surface area contributed by atoms with Crippen LogP contribution >= 0.6 is 22.6 Å². The molecule has 0 amide bonds. The lowest BCUT2D eigenvalue weighted by molar-refractivity contribution is -0.0457. The first-order valence-electron chi connectivity index (χ1n) is 10.1. The number of ether oxygens (including phenoxy) is 1. The van der Waals surface area contributed by atoms with Crippen molar-refractivity contribution in [3.05, 3.63) is 28.5 Å². The Morgan fingerprint density at radius 3 is 2.57 bits per heavy atom. The van der Waals surface area contributed by atoms with Gasteiger partial charge in [-0.2, -0.15) is 4.98 Å². The summed E-state index contributed by atoms with van der Waals surface area (Å²) in [5, 5.41) is 19.9. The number of halogens is 1. The Balaban J connectivity index is 1.55. The molecule has 1 aliphatic rings. The molecular weight excluding hydrogens is 475 g/mol. The molecule has 28 heavy (non-hydrogen) atoms. The molecule has 0 unspecified atom stereocenters. The zero-order valence-electron chi connectivity index (χ0n) is 16.1. The van der Waals surface area contributed by atoms with Crippen molar-refractivity contribution in [2.45, 2.75) is 76.2 Å². The van der Waals surface area contributed by atoms with E-state index in [1.807, 2.05) is 6.07 Å². The molecule has 0 aromatic carbocycles. The predicted molar refractivity (Wildman–Crippen MR) is 115 cm³/mol. The molecule has 2 N–H and O–H groups in total. The van der Waals surface area contributed by atoms with Crippen molar-refractivity contribution in [3.8, 4) is 0 Å². The van der Waals surface area contributed by atoms with Gasteiger partial charge in [0.2, 0.25) is 5.71 Å². The normalized spacial score (nSPS) is 22.3. The fraction of sp³-hybridized carbons (Fsp3) is 0.700. The summed E-state index contributed by atoms with van der Waals surface area (Å²) in [7, 11) is 0. The summed E-state index contributed by atoms with van der Waals surface area (Å²) in [6.07, 6.45) is 9.42. The number of aromatic nitrogens is 2. The Labute approximate surface area is 178 Å². The predicted octanol–water partition coefficient (Wildman–Crippen LogP) is 3.34. The molecule has 1 saturated heterocycles. The summed E-state index contributed by atoms with van der Waals surface area (Å²) in [6, 6.07) is 1.92. The van der Waals surface area contributed by atoms with Crippen molar-refractivity contribution in [1.29, 1.82) is 0 Å². The van der Waals surface area contributed by atoms with E-state index in [0.717, 1.165) is 24.0 Å². The molecule has 0 spiro atoms. The number of fused-ring (bicyclic) bond motifs is 1. The molecule has 156 valence electrons. The van der Waals surface area contributed by atoms with E-state index in [4.69, 9.17) is 9.15 Å². The van der Waals surface area contributed by atoms with Crippen LogP contribution in [0, 0.1) is 0 Å². The van der Waals surface area contributed by atoms with Gasteiger partial charge < -0.3 is 19.4 Å². The highest BCUT2D eigenvalue weighted by Crippen LogP contribution is 2.28. The van der Waals surface area contributed by atoms with Crippen LogP contribution in [0.2, 0.25) is 0 Å². The van der Waals surface area contributed by atoms with Gasteiger partial charge in [0.15, 0.2) is 0 Å². The van der Waals surface area contributed by atoms with Crippen LogP contribution in [0.1, 0.15) is 63.4 Å². The van der Waals surface area contributed by atoms with Gasteiger partial charge in [-0.1, -0.05) is 54.7 Å². The van der Waals surface area contributed by atoms with Crippen LogP contribution in [0.5, 0.6) is 0 Å². The fourth-order valence-corrected chi connectivity index (χ4v) is 4.17. The van der Waals surface area contributed by atoms with Crippen LogP contribution in [0.15, 0.2) is 21.5 Å². The Morgan fingerprint density at radius 2 is 1.89 bits per heavy atom. The van der Waals surface area contributed by atoms with E-state index in [-0.39, 0.29) is 13.0 Å². The molecule has 0 saturated carbocycles. The first kappa shape index (κ1) is 21.7. The Hall–Kier alpha value is -0.970. The molecule has 2 aromatic heterocycles. The topological polar surface area (TPSA) is 97.7 Å². The quantitative estimate of drug-likeness (QED) is 0.277. The highest BCUT2D eigenvalue weighted by Gasteiger charge is 2.35. The zero-order valence-corrected chi connectivity index (χ0v) is 18.2. The lowest BCUT2D eigenvalue weighted by atomic mass is 10.1. The van der Waals surface area contributed by atoms with Crippen LogP contribution in [-0.4, -0.2) is 43.0 Å². The average Bonchev–Trinajstić information content (AvgIpc) is 3.25. The minimum atomic E-state index is -0.793. The molecule has 7 nitrogen and oxygen atoms in total. The van der Waals surface area contributed by atoms with E-state index < -0.39 is 24.1 Å². The molecular formula is C20H29IN2O5. The van der Waals surface area contributed by atoms with Crippen molar-refractivity contribution < 1.29 is 19.4 Å². The van der Waals surface area contributed by atoms with Crippen molar-refractivity contribution >= 4 is 33.7 Å². The second-order valence-electron chi connectivity index (χ2n) is 7.43. The van der Waals surface area contributed by atoms with Crippen LogP contribution in [0.4, 0.5) is 0 Å². The van der Waals surface area contributed by atoms with Crippen LogP contribution in [0.25, 0.3) is 11.1 Å². The third kappa shape index (κ3) is 5.55. The second kappa shape index (κ2) is 10.7. The molecule has 1 fully saturated rings. The van der Waals surface area contributed by atoms with Gasteiger partial charge in [-0.15, -0.1) is 0 Å². The van der Waals surface area contributed by atoms with Gasteiger partial charge in [-0.25, -0.2) is 4.79 Å². The lowest BCUT2D eigenvalue weighted by Crippen LogP contribution is -2.27. The maximum Gasteiger partial charge on any atom is 0.353 e. The molecule has 3 atom stereocenters. The van der Waals surface area contributed by atoms with Crippen molar-refractivity contribution in [2.75, 3.05) is 11.0 Å². The molecule has 1 aliphatic heterocycles. The fourth-order valence-electron chi connectivity index (χ4n) is 3.63. The Kier molecular flexibility index (Phi) is 8.31. The van der Waals surface area contributed by atoms with Gasteiger partial charge in [-0.05, 0) is 23.3 Å². The largest absolute Gasteiger partial charge is 0.443 e. The summed E-state index contributed by atoms with van der Waals surface area (Å²) in [4.78, 5) is 16.3. The Morgan fingerprint density at radius 1 is 1.18 bits per heavy atom. The number of hydrogen-bond donors (Lipinski definition) is 2. The maximum atomic E-state index is 12.3. The summed E-state index contributed by atoms with van der Waals surface area (Å²) in [5.74, 6) is 0.838. The number of alkyl halides is 1. The smallest absolute Gasteiger partial charge is 0.353 e. The number of aryl methyl sites for hydroxylation is 1. The molecule has 3 rings (SSSR count). The molecule has 0 radical (unpaired) electrons. The van der Waals surface area contributed by atoms with Gasteiger partial charge in [0.05, 0.1) is 18.1 Å². The van der Waals surface area contributed by atoms with Gasteiger partial charge in [-0.3, -0.25) is 4.57 Å². The summed E-state index contributed by atoms with van der Waals surface area (Å²) < 4.78 is 13.9. The third-order valence-corrected chi connectivity index (χ3v) is 6.00. The highest BCUT2D eigenvalue weighted by molar-refractivity contribution is 14.1. The SMILES string of the molecule is O=c1nc2oc(CCCCCCCCCI)cc2cn1[C@H]1C[C@H](O)[C@@H](CO)O1. The van der Waals surface area contributed by atoms with E-state index in [2.05, 4.69) is 27.6 Å². The Bertz CT molecular complexity index is 805. The van der Waals surface area contributed by atoms with E-state index in [0.29, 0.717) is 5.71 Å². The van der Waals surface area contributed by atoms with Gasteiger partial charge in [0, 0.05) is 19.0 Å². The number of nitrogens with zero attached hydrogens (tertiary/aromatic N) is 2. The number of aliphatic hydroxyl groups excluding tert-OH is 2. The van der Waals surface area contributed by atoms with E-state index in [1.54, 1.807) is 6.20 Å². The number of furan rings is 1. The van der Waals surface area contributed by atoms with Crippen LogP contribution in [0.3, 0.4) is 0 Å². The number of hydrogen-bond acceptors (Lipinski definition) is 6. The van der Waals surface area contributed by atoms with Gasteiger partial charge >= 0.3 is 5.69 Å². The minimum absolute atomic E-state index is 0.251. The number of unbranched alkanes of at least 4 members (excludes halogenated alkanes) is 6. The van der Waals surface area contributed by atoms with E-state index in [9.17, 15) is 15.0 Å². The molecule has 0 aliphatic carbocycles. The monoisotopic (exact) mass is 504 g/mol. The summed E-state index contributed by atoms with van der Waals surface area (Å²) in [6.45, 7) is -0.282. The van der Waals surface area contributed by atoms with Crippen molar-refractivity contribution in [3.63, 3.8) is 0 Å². The highest BCUT2D eigenvalue weighted by atomic mass is 127. The first-order valence-corrected chi connectivity index (χ1v) is 11.7. The number of rotatable bonds is 11. The zero-order chi connectivity index (χ0) is 19.9. The maximum absolute atomic E-state index is 12.3. The number of aliphatic hydroxyl groups is 2.